The van der Waals surface area contributed by atoms with E-state index in [2.05, 4.69) is 21.3 Å². The number of aliphatic carboxylic acids is 4. The molecule has 0 fully saturated rings. The second-order valence-corrected chi connectivity index (χ2v) is 14.7. The van der Waals surface area contributed by atoms with Gasteiger partial charge in [0.1, 0.15) is 23.9 Å². The number of amides is 4. The molecule has 0 radical (unpaired) electrons. The summed E-state index contributed by atoms with van der Waals surface area (Å²) >= 11 is 0. The lowest BCUT2D eigenvalue weighted by atomic mass is 10.1. The Labute approximate surface area is 327 Å². The quantitative estimate of drug-likeness (QED) is 0.0284. The first-order chi connectivity index (χ1) is 27.0. The molecular formula is C35H51FN5O15P. The van der Waals surface area contributed by atoms with Crippen LogP contribution < -0.4 is 26.4 Å². The SMILES string of the molecule is O=CP(=O)(NC(CCC(=O)O)C(=O)O)OCCCC(NC(=O)CCC(NC(=O)CCCCCNC(=O)CCCCCNC(=O)c1ccc(F)cc1)C(=O)O)C(=O)O. The van der Waals surface area contributed by atoms with Crippen LogP contribution in [0.25, 0.3) is 0 Å². The van der Waals surface area contributed by atoms with Gasteiger partial charge in [-0.15, -0.1) is 0 Å². The maximum Gasteiger partial charge on any atom is 0.332 e. The van der Waals surface area contributed by atoms with Crippen molar-refractivity contribution in [1.29, 1.82) is 0 Å². The highest BCUT2D eigenvalue weighted by atomic mass is 31.2. The smallest absolute Gasteiger partial charge is 0.332 e. The van der Waals surface area contributed by atoms with E-state index in [-0.39, 0.29) is 43.5 Å². The summed E-state index contributed by atoms with van der Waals surface area (Å²) in [5.41, 5.74) is 0.356. The fraction of sp³-hybridized carbons (Fsp3) is 0.571. The summed E-state index contributed by atoms with van der Waals surface area (Å²) in [6.07, 6.45) is 1.38. The van der Waals surface area contributed by atoms with E-state index in [0.717, 1.165) is 0 Å². The Balaban J connectivity index is 2.30. The second kappa shape index (κ2) is 27.3. The number of carboxylic acids is 4. The van der Waals surface area contributed by atoms with Crippen LogP contribution in [0.3, 0.4) is 0 Å². The molecule has 1 aromatic carbocycles. The molecule has 1 aromatic rings. The predicted octanol–water partition coefficient (Wildman–Crippen LogP) is 1.80. The molecule has 4 amide bonds. The van der Waals surface area contributed by atoms with Gasteiger partial charge < -0.3 is 46.2 Å². The Kier molecular flexibility index (Phi) is 23.9. The van der Waals surface area contributed by atoms with Gasteiger partial charge >= 0.3 is 31.4 Å². The minimum atomic E-state index is -4.41. The first-order valence-corrected chi connectivity index (χ1v) is 19.9. The van der Waals surface area contributed by atoms with Crippen molar-refractivity contribution in [2.24, 2.45) is 0 Å². The Morgan fingerprint density at radius 3 is 1.68 bits per heavy atom. The summed E-state index contributed by atoms with van der Waals surface area (Å²) in [4.78, 5) is 106. The molecule has 57 heavy (non-hydrogen) atoms. The van der Waals surface area contributed by atoms with E-state index in [9.17, 15) is 67.4 Å². The normalized spacial score (nSPS) is 13.5. The van der Waals surface area contributed by atoms with Crippen LogP contribution in [0.2, 0.25) is 0 Å². The van der Waals surface area contributed by atoms with Gasteiger partial charge in [0.25, 0.3) is 5.91 Å². The molecule has 9 N–H and O–H groups in total. The minimum Gasteiger partial charge on any atom is -0.481 e. The summed E-state index contributed by atoms with van der Waals surface area (Å²) < 4.78 is 30.5. The number of benzene rings is 1. The van der Waals surface area contributed by atoms with Crippen molar-refractivity contribution < 1.29 is 77.1 Å². The molecule has 318 valence electrons. The molecule has 0 aromatic heterocycles. The third-order valence-electron chi connectivity index (χ3n) is 8.14. The number of carboxylic acid groups (broad SMARTS) is 4. The van der Waals surface area contributed by atoms with Crippen LogP contribution in [0.4, 0.5) is 4.39 Å². The van der Waals surface area contributed by atoms with E-state index in [1.807, 2.05) is 5.09 Å². The molecule has 0 aliphatic rings. The topological polar surface area (TPSA) is 321 Å². The Bertz CT molecular complexity index is 1580. The van der Waals surface area contributed by atoms with E-state index in [0.29, 0.717) is 63.6 Å². The van der Waals surface area contributed by atoms with Crippen molar-refractivity contribution >= 4 is 61.1 Å². The summed E-state index contributed by atoms with van der Waals surface area (Å²) in [5.74, 6) is -8.10. The molecule has 22 heteroatoms. The van der Waals surface area contributed by atoms with E-state index in [1.165, 1.54) is 24.3 Å². The number of unbranched alkanes of at least 4 members (excludes halogenated alkanes) is 4. The van der Waals surface area contributed by atoms with E-state index >= 15 is 0 Å². The average Bonchev–Trinajstić information content (AvgIpc) is 3.15. The van der Waals surface area contributed by atoms with Gasteiger partial charge in [-0.05, 0) is 75.6 Å². The zero-order valence-corrected chi connectivity index (χ0v) is 32.1. The largest absolute Gasteiger partial charge is 0.481 e. The maximum atomic E-state index is 13.0. The van der Waals surface area contributed by atoms with E-state index in [4.69, 9.17) is 9.63 Å². The standard InChI is InChI=1S/C35H51FN5O15P/c36-24-13-11-23(12-14-24)32(48)38-20-6-1-3-9-28(43)37-19-5-2-4-10-29(44)40-26(34(51)52)15-17-30(45)39-25(33(49)50)8-7-21-56-57(55,22-42)41-27(35(53)54)16-18-31(46)47/h11-14,22,25-27H,1-10,15-21H2,(H,37,43)(H,38,48)(H,39,45)(H,40,44)(H,41,55)(H,46,47)(H,49,50)(H,51,52)(H,53,54). The monoisotopic (exact) mass is 831 g/mol. The van der Waals surface area contributed by atoms with Crippen LogP contribution in [0.1, 0.15) is 100 Å². The highest BCUT2D eigenvalue weighted by molar-refractivity contribution is 7.72. The number of hydrogen-bond donors (Lipinski definition) is 9. The van der Waals surface area contributed by atoms with Crippen LogP contribution >= 0.6 is 7.52 Å². The molecule has 0 bridgehead atoms. The Morgan fingerprint density at radius 1 is 0.632 bits per heavy atom. The van der Waals surface area contributed by atoms with Crippen LogP contribution in [0.5, 0.6) is 0 Å². The van der Waals surface area contributed by atoms with Gasteiger partial charge in [0.2, 0.25) is 23.7 Å². The highest BCUT2D eigenvalue weighted by Crippen LogP contribution is 2.40. The molecule has 1 rings (SSSR count). The third kappa shape index (κ3) is 22.8. The average molecular weight is 832 g/mol. The van der Waals surface area contributed by atoms with Crippen LogP contribution in [0.15, 0.2) is 24.3 Å². The molecule has 0 aliphatic carbocycles. The number of nitrogens with one attached hydrogen (secondary N) is 5. The van der Waals surface area contributed by atoms with Gasteiger partial charge in [0.05, 0.1) is 6.61 Å². The third-order valence-corrected chi connectivity index (χ3v) is 9.66. The molecule has 0 aliphatic heterocycles. The van der Waals surface area contributed by atoms with Gasteiger partial charge in [-0.25, -0.2) is 19.1 Å². The zero-order valence-electron chi connectivity index (χ0n) is 31.2. The number of rotatable bonds is 32. The second-order valence-electron chi connectivity index (χ2n) is 12.8. The van der Waals surface area contributed by atoms with E-state index < -0.39 is 93.0 Å². The number of carbonyl (C=O) groups is 9. The fourth-order valence-corrected chi connectivity index (χ4v) is 6.30. The van der Waals surface area contributed by atoms with Crippen LogP contribution in [-0.2, 0) is 47.4 Å². The first kappa shape index (κ1) is 49.7. The zero-order chi connectivity index (χ0) is 42.8. The van der Waals surface area contributed by atoms with Gasteiger partial charge in [0, 0.05) is 44.3 Å². The Hall–Kier alpha value is -5.27. The molecule has 4 unspecified atom stereocenters. The summed E-state index contributed by atoms with van der Waals surface area (Å²) in [7, 11) is -4.41. The van der Waals surface area contributed by atoms with Crippen LogP contribution in [0, 0.1) is 5.82 Å². The number of hydrogen-bond acceptors (Lipinski definition) is 11. The molecule has 0 spiro atoms. The fourth-order valence-electron chi connectivity index (χ4n) is 5.03. The van der Waals surface area contributed by atoms with E-state index in [1.54, 1.807) is 0 Å². The van der Waals surface area contributed by atoms with Gasteiger partial charge in [-0.2, -0.15) is 0 Å². The number of halogens is 1. The van der Waals surface area contributed by atoms with Crippen molar-refractivity contribution in [2.45, 2.75) is 108 Å². The minimum absolute atomic E-state index is 0.0172. The predicted molar refractivity (Wildman–Crippen MR) is 198 cm³/mol. The van der Waals surface area contributed by atoms with Crippen LogP contribution in [-0.4, -0.2) is 112 Å². The number of carbonyl (C=O) groups excluding carboxylic acids is 5. The molecule has 0 heterocycles. The summed E-state index contributed by atoms with van der Waals surface area (Å²) in [5, 5.41) is 48.9. The van der Waals surface area contributed by atoms with Crippen molar-refractivity contribution in [2.75, 3.05) is 19.7 Å². The lowest BCUT2D eigenvalue weighted by Gasteiger charge is -2.20. The van der Waals surface area contributed by atoms with Gasteiger partial charge in [-0.3, -0.25) is 38.1 Å². The molecule has 0 saturated heterocycles. The molecule has 0 saturated carbocycles. The van der Waals surface area contributed by atoms with Crippen molar-refractivity contribution in [3.05, 3.63) is 35.6 Å². The molecule has 4 atom stereocenters. The lowest BCUT2D eigenvalue weighted by Crippen LogP contribution is -2.44. The molecule has 20 nitrogen and oxygen atoms in total. The van der Waals surface area contributed by atoms with Crippen molar-refractivity contribution in [3.8, 4) is 0 Å². The maximum absolute atomic E-state index is 13.0. The van der Waals surface area contributed by atoms with Gasteiger partial charge in [-0.1, -0.05) is 12.8 Å². The first-order valence-electron chi connectivity index (χ1n) is 18.2. The summed E-state index contributed by atoms with van der Waals surface area (Å²) in [6.45, 7) is 0.286. The van der Waals surface area contributed by atoms with Crippen molar-refractivity contribution in [1.82, 2.24) is 26.4 Å². The van der Waals surface area contributed by atoms with Gasteiger partial charge in [0.15, 0.2) is 0 Å². The Morgan fingerprint density at radius 2 is 1.14 bits per heavy atom. The van der Waals surface area contributed by atoms with Crippen molar-refractivity contribution in [3.63, 3.8) is 0 Å². The lowest BCUT2D eigenvalue weighted by molar-refractivity contribution is -0.143. The highest BCUT2D eigenvalue weighted by Gasteiger charge is 2.31. The summed E-state index contributed by atoms with van der Waals surface area (Å²) in [6, 6.07) is 0.393. The molecular weight excluding hydrogens is 780 g/mol.